The number of hydrogen-bond acceptors (Lipinski definition) is 5. The first-order chi connectivity index (χ1) is 10.7. The molecule has 0 spiro atoms. The fourth-order valence-corrected chi connectivity index (χ4v) is 2.78. The molecule has 0 saturated carbocycles. The summed E-state index contributed by atoms with van der Waals surface area (Å²) in [7, 11) is 3.72. The van der Waals surface area contributed by atoms with Crippen molar-refractivity contribution in [3.63, 3.8) is 0 Å². The van der Waals surface area contributed by atoms with Crippen molar-refractivity contribution in [3.05, 3.63) is 28.8 Å². The van der Waals surface area contributed by atoms with E-state index in [1.54, 1.807) is 19.2 Å². The molecule has 2 heterocycles. The van der Waals surface area contributed by atoms with Crippen LogP contribution in [-0.4, -0.2) is 48.7 Å². The second kappa shape index (κ2) is 6.36. The minimum absolute atomic E-state index is 0.176. The maximum atomic E-state index is 11.8. The highest BCUT2D eigenvalue weighted by molar-refractivity contribution is 5.81. The molecule has 22 heavy (non-hydrogen) atoms. The lowest BCUT2D eigenvalue weighted by Crippen LogP contribution is -2.32. The van der Waals surface area contributed by atoms with E-state index >= 15 is 0 Å². The fraction of sp³-hybridized carbons (Fsp3) is 0.500. The molecule has 6 nitrogen and oxygen atoms in total. The topological polar surface area (TPSA) is 67.5 Å². The number of rotatable bonds is 4. The highest BCUT2D eigenvalue weighted by Gasteiger charge is 2.18. The predicted octanol–water partition coefficient (Wildman–Crippen LogP) is 1.65. The molecule has 1 saturated heterocycles. The summed E-state index contributed by atoms with van der Waals surface area (Å²) in [6, 6.07) is 3.46. The fourth-order valence-electron chi connectivity index (χ4n) is 2.78. The molecular formula is C16H21N3O3. The number of nitrogens with one attached hydrogen (secondary N) is 1. The number of methoxy groups -OCH3 is 1. The van der Waals surface area contributed by atoms with E-state index in [1.165, 1.54) is 6.33 Å². The summed E-state index contributed by atoms with van der Waals surface area (Å²) in [6.45, 7) is 2.89. The van der Waals surface area contributed by atoms with Crippen molar-refractivity contribution in [3.8, 4) is 11.5 Å². The van der Waals surface area contributed by atoms with E-state index in [0.29, 0.717) is 34.9 Å². The predicted molar refractivity (Wildman–Crippen MR) is 84.6 cm³/mol. The van der Waals surface area contributed by atoms with Gasteiger partial charge in [-0.3, -0.25) is 4.79 Å². The van der Waals surface area contributed by atoms with Crippen LogP contribution < -0.4 is 15.0 Å². The van der Waals surface area contributed by atoms with Gasteiger partial charge in [-0.1, -0.05) is 0 Å². The summed E-state index contributed by atoms with van der Waals surface area (Å²) in [5, 5.41) is 0.506. The number of piperidine rings is 1. The Kier molecular flexibility index (Phi) is 4.29. The molecule has 2 aromatic rings. The number of aromatic nitrogens is 2. The third-order valence-electron chi connectivity index (χ3n) is 4.24. The molecule has 0 bridgehead atoms. The third kappa shape index (κ3) is 3.06. The molecule has 0 unspecified atom stereocenters. The first-order valence-electron chi connectivity index (χ1n) is 7.54. The van der Waals surface area contributed by atoms with E-state index < -0.39 is 0 Å². The second-order valence-corrected chi connectivity index (χ2v) is 5.81. The van der Waals surface area contributed by atoms with Gasteiger partial charge in [0.2, 0.25) is 0 Å². The minimum Gasteiger partial charge on any atom is -0.493 e. The monoisotopic (exact) mass is 303 g/mol. The molecule has 0 atom stereocenters. The summed E-state index contributed by atoms with van der Waals surface area (Å²) in [5.41, 5.74) is 0.438. The SMILES string of the molecule is COc1cc2c(=O)[nH]cnc2cc1OCC1CCN(C)CC1. The van der Waals surface area contributed by atoms with Crippen LogP contribution in [0.2, 0.25) is 0 Å². The van der Waals surface area contributed by atoms with Crippen LogP contribution in [0.3, 0.4) is 0 Å². The van der Waals surface area contributed by atoms with Gasteiger partial charge in [0.05, 0.1) is 30.9 Å². The lowest BCUT2D eigenvalue weighted by molar-refractivity contribution is 0.157. The van der Waals surface area contributed by atoms with Crippen LogP contribution >= 0.6 is 0 Å². The van der Waals surface area contributed by atoms with E-state index in [0.717, 1.165) is 25.9 Å². The Morgan fingerprint density at radius 2 is 2.09 bits per heavy atom. The van der Waals surface area contributed by atoms with Gasteiger partial charge in [0, 0.05) is 6.07 Å². The maximum Gasteiger partial charge on any atom is 0.258 e. The molecule has 1 aliphatic rings. The van der Waals surface area contributed by atoms with Gasteiger partial charge in [-0.2, -0.15) is 0 Å². The summed E-state index contributed by atoms with van der Waals surface area (Å²) in [5.74, 6) is 1.77. The average Bonchev–Trinajstić information content (AvgIpc) is 2.54. The number of benzene rings is 1. The number of fused-ring (bicyclic) bond motifs is 1. The standard InChI is InChI=1S/C16H21N3O3/c1-19-5-3-11(4-6-19)9-22-15-8-13-12(7-14(15)21-2)16(20)18-10-17-13/h7-8,10-11H,3-6,9H2,1-2H3,(H,17,18,20). The van der Waals surface area contributed by atoms with Crippen LogP contribution in [0.5, 0.6) is 11.5 Å². The van der Waals surface area contributed by atoms with Gasteiger partial charge < -0.3 is 19.4 Å². The van der Waals surface area contributed by atoms with Crippen molar-refractivity contribution >= 4 is 10.9 Å². The molecular weight excluding hydrogens is 282 g/mol. The number of hydrogen-bond donors (Lipinski definition) is 1. The smallest absolute Gasteiger partial charge is 0.258 e. The zero-order valence-corrected chi connectivity index (χ0v) is 13.0. The first kappa shape index (κ1) is 14.8. The Morgan fingerprint density at radius 3 is 2.82 bits per heavy atom. The summed E-state index contributed by atoms with van der Waals surface area (Å²) >= 11 is 0. The van der Waals surface area contributed by atoms with E-state index in [1.807, 2.05) is 0 Å². The lowest BCUT2D eigenvalue weighted by Gasteiger charge is -2.28. The summed E-state index contributed by atoms with van der Waals surface area (Å²) in [4.78, 5) is 20.9. The average molecular weight is 303 g/mol. The van der Waals surface area contributed by atoms with Crippen molar-refractivity contribution in [2.75, 3.05) is 33.9 Å². The van der Waals surface area contributed by atoms with Gasteiger partial charge in [-0.05, 0) is 45.0 Å². The Morgan fingerprint density at radius 1 is 1.32 bits per heavy atom. The van der Waals surface area contributed by atoms with Crippen molar-refractivity contribution in [1.29, 1.82) is 0 Å². The van der Waals surface area contributed by atoms with Gasteiger partial charge >= 0.3 is 0 Å². The number of H-pyrrole nitrogens is 1. The van der Waals surface area contributed by atoms with Crippen LogP contribution in [0.4, 0.5) is 0 Å². The second-order valence-electron chi connectivity index (χ2n) is 5.81. The van der Waals surface area contributed by atoms with Crippen LogP contribution in [-0.2, 0) is 0 Å². The zero-order valence-electron chi connectivity index (χ0n) is 13.0. The van der Waals surface area contributed by atoms with Crippen LogP contribution in [0.25, 0.3) is 10.9 Å². The number of ether oxygens (including phenoxy) is 2. The van der Waals surface area contributed by atoms with Crippen LogP contribution in [0.15, 0.2) is 23.3 Å². The Bertz CT molecular complexity index is 705. The molecule has 0 aliphatic carbocycles. The minimum atomic E-state index is -0.176. The van der Waals surface area contributed by atoms with Crippen LogP contribution in [0.1, 0.15) is 12.8 Å². The number of likely N-dealkylation sites (tertiary alicyclic amines) is 1. The molecule has 6 heteroatoms. The molecule has 1 aromatic heterocycles. The number of nitrogens with zero attached hydrogens (tertiary/aromatic N) is 2. The molecule has 1 fully saturated rings. The highest BCUT2D eigenvalue weighted by Crippen LogP contribution is 2.31. The molecule has 3 rings (SSSR count). The Balaban J connectivity index is 1.79. The molecule has 1 N–H and O–H groups in total. The highest BCUT2D eigenvalue weighted by atomic mass is 16.5. The molecule has 0 amide bonds. The first-order valence-corrected chi connectivity index (χ1v) is 7.54. The molecule has 0 radical (unpaired) electrons. The summed E-state index contributed by atoms with van der Waals surface area (Å²) < 4.78 is 11.3. The van der Waals surface area contributed by atoms with Gasteiger partial charge in [0.1, 0.15) is 0 Å². The van der Waals surface area contributed by atoms with E-state index in [2.05, 4.69) is 21.9 Å². The van der Waals surface area contributed by atoms with Gasteiger partial charge in [-0.25, -0.2) is 4.98 Å². The third-order valence-corrected chi connectivity index (χ3v) is 4.24. The van der Waals surface area contributed by atoms with E-state index in [9.17, 15) is 4.79 Å². The Hall–Kier alpha value is -2.08. The van der Waals surface area contributed by atoms with Gasteiger partial charge in [0.15, 0.2) is 11.5 Å². The largest absolute Gasteiger partial charge is 0.493 e. The van der Waals surface area contributed by atoms with Crippen molar-refractivity contribution in [2.45, 2.75) is 12.8 Å². The number of aromatic amines is 1. The normalized spacial score (nSPS) is 16.8. The van der Waals surface area contributed by atoms with Crippen LogP contribution in [0, 0.1) is 5.92 Å². The van der Waals surface area contributed by atoms with Crippen molar-refractivity contribution in [1.82, 2.24) is 14.9 Å². The van der Waals surface area contributed by atoms with Crippen molar-refractivity contribution < 1.29 is 9.47 Å². The zero-order chi connectivity index (χ0) is 15.5. The molecule has 1 aromatic carbocycles. The van der Waals surface area contributed by atoms with Crippen molar-refractivity contribution in [2.24, 2.45) is 5.92 Å². The Labute approximate surface area is 129 Å². The molecule has 118 valence electrons. The lowest BCUT2D eigenvalue weighted by atomic mass is 9.98. The maximum absolute atomic E-state index is 11.8. The quantitative estimate of drug-likeness (QED) is 0.930. The van der Waals surface area contributed by atoms with Gasteiger partial charge in [-0.15, -0.1) is 0 Å². The summed E-state index contributed by atoms with van der Waals surface area (Å²) in [6.07, 6.45) is 3.69. The van der Waals surface area contributed by atoms with E-state index in [4.69, 9.17) is 9.47 Å². The van der Waals surface area contributed by atoms with E-state index in [-0.39, 0.29) is 5.56 Å². The molecule has 1 aliphatic heterocycles. The van der Waals surface area contributed by atoms with Gasteiger partial charge in [0.25, 0.3) is 5.56 Å².